The van der Waals surface area contributed by atoms with Crippen molar-refractivity contribution in [1.29, 1.82) is 0 Å². The summed E-state index contributed by atoms with van der Waals surface area (Å²) in [6.07, 6.45) is -2.42. The molecule has 3 aromatic rings. The van der Waals surface area contributed by atoms with Crippen molar-refractivity contribution in [2.75, 3.05) is 12.3 Å². The number of carbonyl (C=O) groups excluding carboxylic acids is 1. The van der Waals surface area contributed by atoms with Gasteiger partial charge in [-0.25, -0.2) is 19.5 Å². The van der Waals surface area contributed by atoms with Crippen molar-refractivity contribution >= 4 is 30.8 Å². The van der Waals surface area contributed by atoms with Crippen molar-refractivity contribution < 1.29 is 38.3 Å². The Bertz CT molecular complexity index is 1210. The van der Waals surface area contributed by atoms with Gasteiger partial charge in [-0.05, 0) is 12.0 Å². The Morgan fingerprint density at radius 1 is 1.24 bits per heavy atom. The highest BCUT2D eigenvalue weighted by molar-refractivity contribution is 7.48. The number of hydrogen-bond donors (Lipinski definition) is 4. The first-order valence-electron chi connectivity index (χ1n) is 10.4. The summed E-state index contributed by atoms with van der Waals surface area (Å²) >= 11 is 0. The molecule has 13 nitrogen and oxygen atoms in total. The van der Waals surface area contributed by atoms with Crippen LogP contribution in [0.4, 0.5) is 5.82 Å². The number of anilines is 1. The first kappa shape index (κ1) is 24.2. The van der Waals surface area contributed by atoms with Gasteiger partial charge in [-0.2, -0.15) is 0 Å². The van der Waals surface area contributed by atoms with Crippen LogP contribution in [0.2, 0.25) is 0 Å². The fraction of sp³-hybridized carbons (Fsp3) is 0.400. The van der Waals surface area contributed by atoms with Gasteiger partial charge >= 0.3 is 13.8 Å². The number of phosphoric acid groups is 1. The Morgan fingerprint density at radius 3 is 2.71 bits per heavy atom. The van der Waals surface area contributed by atoms with Gasteiger partial charge in [-0.3, -0.25) is 18.8 Å². The second-order valence-electron chi connectivity index (χ2n) is 7.89. The number of nitrogen functional groups attached to an aromatic ring is 1. The van der Waals surface area contributed by atoms with Crippen molar-refractivity contribution in [3.8, 4) is 0 Å². The molecular weight excluding hydrogens is 469 g/mol. The zero-order valence-electron chi connectivity index (χ0n) is 18.0. The smallest absolute Gasteiger partial charge is 0.387 e. The van der Waals surface area contributed by atoms with Crippen LogP contribution in [0.15, 0.2) is 43.0 Å². The summed E-state index contributed by atoms with van der Waals surface area (Å²) in [5, 5.41) is 20.8. The molecule has 4 rings (SSSR count). The number of aliphatic hydroxyl groups excluding tert-OH is 2. The average Bonchev–Trinajstić information content (AvgIpc) is 3.35. The van der Waals surface area contributed by atoms with Crippen LogP contribution in [-0.4, -0.2) is 65.5 Å². The Kier molecular flexibility index (Phi) is 6.94. The Balaban J connectivity index is 1.36. The summed E-state index contributed by atoms with van der Waals surface area (Å²) in [6, 6.07) is 9.11. The lowest BCUT2D eigenvalue weighted by Crippen LogP contribution is -2.33. The maximum atomic E-state index is 12.3. The molecular formula is C20H24N5O8P. The molecule has 1 aromatic carbocycles. The number of carbonyl (C=O) groups is 1. The lowest BCUT2D eigenvalue weighted by molar-refractivity contribution is -0.140. The summed E-state index contributed by atoms with van der Waals surface area (Å²) in [5.41, 5.74) is 7.17. The molecule has 182 valence electrons. The van der Waals surface area contributed by atoms with E-state index in [0.29, 0.717) is 6.42 Å². The van der Waals surface area contributed by atoms with Gasteiger partial charge in [0.25, 0.3) is 0 Å². The number of benzene rings is 1. The maximum absolute atomic E-state index is 12.3. The molecule has 0 bridgehead atoms. The van der Waals surface area contributed by atoms with Crippen molar-refractivity contribution in [1.82, 2.24) is 19.5 Å². The third kappa shape index (κ3) is 5.09. The van der Waals surface area contributed by atoms with Crippen molar-refractivity contribution in [2.24, 2.45) is 5.92 Å². The first-order valence-corrected chi connectivity index (χ1v) is 11.8. The highest BCUT2D eigenvalue weighted by Crippen LogP contribution is 2.45. The second kappa shape index (κ2) is 9.74. The maximum Gasteiger partial charge on any atom is 0.529 e. The van der Waals surface area contributed by atoms with Crippen LogP contribution in [0, 0.1) is 5.92 Å². The van der Waals surface area contributed by atoms with Gasteiger partial charge in [0.1, 0.15) is 30.2 Å². The van der Waals surface area contributed by atoms with Crippen LogP contribution in [0.1, 0.15) is 18.7 Å². The van der Waals surface area contributed by atoms with E-state index in [9.17, 15) is 24.5 Å². The summed E-state index contributed by atoms with van der Waals surface area (Å²) in [5.74, 6) is -1.49. The van der Waals surface area contributed by atoms with Crippen LogP contribution < -0.4 is 5.73 Å². The number of ether oxygens (including phenoxy) is 1. The van der Waals surface area contributed by atoms with Crippen LogP contribution in [0.5, 0.6) is 0 Å². The Morgan fingerprint density at radius 2 is 1.97 bits per heavy atom. The number of fused-ring (bicyclic) bond motifs is 1. The molecule has 2 aromatic heterocycles. The fourth-order valence-electron chi connectivity index (χ4n) is 3.60. The second-order valence-corrected chi connectivity index (χ2v) is 9.27. The molecule has 1 aliphatic heterocycles. The molecule has 0 spiro atoms. The monoisotopic (exact) mass is 493 g/mol. The zero-order chi connectivity index (χ0) is 24.5. The van der Waals surface area contributed by atoms with Gasteiger partial charge < -0.3 is 25.2 Å². The Hall–Kier alpha value is -2.93. The van der Waals surface area contributed by atoms with Crippen LogP contribution >= 0.6 is 7.82 Å². The van der Waals surface area contributed by atoms with E-state index < -0.39 is 50.9 Å². The molecule has 3 heterocycles. The minimum absolute atomic E-state index is 0.126. The van der Waals surface area contributed by atoms with Gasteiger partial charge in [0.2, 0.25) is 0 Å². The van der Waals surface area contributed by atoms with Gasteiger partial charge in [0, 0.05) is 0 Å². The standard InChI is InChI=1S/C20H24N5O8P/c1-11(7-12-5-3-2-4-6-12)20(28)33-34(29,30)31-8-13-15(26)16(27)19(32-13)25-10-24-14-17(21)22-9-23-18(14)25/h2-6,9-11,13,15-16,19,26-27H,7-8H2,1H3,(H,29,30)(H2,21,22,23)/t11-,13+,15+,16+,19+/m0/s1. The Labute approximate surface area is 193 Å². The molecule has 6 atom stereocenters. The molecule has 0 radical (unpaired) electrons. The van der Waals surface area contributed by atoms with E-state index >= 15 is 0 Å². The predicted molar refractivity (Wildman–Crippen MR) is 117 cm³/mol. The fourth-order valence-corrected chi connectivity index (χ4v) is 4.40. The minimum atomic E-state index is -4.81. The molecule has 5 N–H and O–H groups in total. The molecule has 1 unspecified atom stereocenters. The van der Waals surface area contributed by atoms with E-state index in [2.05, 4.69) is 19.5 Å². The lowest BCUT2D eigenvalue weighted by atomic mass is 10.0. The number of hydrogen-bond acceptors (Lipinski definition) is 11. The molecule has 0 amide bonds. The molecule has 1 fully saturated rings. The van der Waals surface area contributed by atoms with Crippen LogP contribution in [-0.2, 0) is 29.6 Å². The van der Waals surface area contributed by atoms with Gasteiger partial charge in [0.15, 0.2) is 17.7 Å². The van der Waals surface area contributed by atoms with Crippen molar-refractivity contribution in [3.63, 3.8) is 0 Å². The molecule has 0 saturated carbocycles. The van der Waals surface area contributed by atoms with E-state index in [4.69, 9.17) is 15.0 Å². The van der Waals surface area contributed by atoms with E-state index in [0.717, 1.165) is 5.56 Å². The van der Waals surface area contributed by atoms with Crippen molar-refractivity contribution in [2.45, 2.75) is 37.9 Å². The van der Waals surface area contributed by atoms with Crippen LogP contribution in [0.3, 0.4) is 0 Å². The van der Waals surface area contributed by atoms with E-state index in [-0.39, 0.29) is 17.0 Å². The molecule has 14 heteroatoms. The van der Waals surface area contributed by atoms with Gasteiger partial charge in [-0.1, -0.05) is 37.3 Å². The predicted octanol–water partition coefficient (Wildman–Crippen LogP) is 0.567. The van der Waals surface area contributed by atoms with E-state index in [1.165, 1.54) is 17.2 Å². The van der Waals surface area contributed by atoms with E-state index in [1.807, 2.05) is 30.3 Å². The number of aliphatic hydroxyl groups is 2. The summed E-state index contributed by atoms with van der Waals surface area (Å²) < 4.78 is 28.8. The number of aromatic nitrogens is 4. The summed E-state index contributed by atoms with van der Waals surface area (Å²) in [6.45, 7) is 0.929. The number of nitrogens with zero attached hydrogens (tertiary/aromatic N) is 4. The highest BCUT2D eigenvalue weighted by atomic mass is 31.2. The minimum Gasteiger partial charge on any atom is -0.387 e. The third-order valence-corrected chi connectivity index (χ3v) is 6.28. The van der Waals surface area contributed by atoms with E-state index in [1.54, 1.807) is 6.92 Å². The topological polar surface area (TPSA) is 192 Å². The van der Waals surface area contributed by atoms with Gasteiger partial charge in [0.05, 0.1) is 18.9 Å². The number of nitrogens with two attached hydrogens (primary N) is 1. The largest absolute Gasteiger partial charge is 0.529 e. The van der Waals surface area contributed by atoms with Crippen molar-refractivity contribution in [3.05, 3.63) is 48.5 Å². The lowest BCUT2D eigenvalue weighted by Gasteiger charge is -2.18. The van der Waals surface area contributed by atoms with Crippen LogP contribution in [0.25, 0.3) is 11.2 Å². The molecule has 1 saturated heterocycles. The zero-order valence-corrected chi connectivity index (χ0v) is 18.9. The quantitative estimate of drug-likeness (QED) is 0.319. The highest BCUT2D eigenvalue weighted by Gasteiger charge is 2.45. The number of phosphoric ester groups is 1. The first-order chi connectivity index (χ1) is 16.2. The summed E-state index contributed by atoms with van der Waals surface area (Å²) in [4.78, 5) is 34.2. The molecule has 1 aliphatic rings. The normalized spacial score (nSPS) is 25.2. The summed E-state index contributed by atoms with van der Waals surface area (Å²) in [7, 11) is -4.81. The molecule has 34 heavy (non-hydrogen) atoms. The number of rotatable bonds is 8. The molecule has 0 aliphatic carbocycles. The SMILES string of the molecule is C[C@@H](Cc1ccccc1)C(=O)OP(=O)(O)OC[C@H]1O[C@@H](n2cnc3c(N)ncnc32)[C@H](O)[C@@H]1O. The third-order valence-electron chi connectivity index (χ3n) is 5.39. The average molecular weight is 493 g/mol. The van der Waals surface area contributed by atoms with Gasteiger partial charge in [-0.15, -0.1) is 0 Å². The number of imidazole rings is 1.